The van der Waals surface area contributed by atoms with Crippen molar-refractivity contribution >= 4 is 0 Å². The predicted octanol–water partition coefficient (Wildman–Crippen LogP) is 1.66. The highest BCUT2D eigenvalue weighted by molar-refractivity contribution is 4.91. The summed E-state index contributed by atoms with van der Waals surface area (Å²) < 4.78 is 5.29. The standard InChI is InChI=1S/C9H17NO/c1-2-4-9(5-3-1)6-7-11-8-10-9/h10H,1-8H2. The summed E-state index contributed by atoms with van der Waals surface area (Å²) >= 11 is 0. The van der Waals surface area contributed by atoms with Crippen molar-refractivity contribution in [2.75, 3.05) is 13.3 Å². The lowest BCUT2D eigenvalue weighted by Gasteiger charge is -2.41. The van der Waals surface area contributed by atoms with Crippen LogP contribution in [-0.4, -0.2) is 18.9 Å². The van der Waals surface area contributed by atoms with Crippen LogP contribution in [0.3, 0.4) is 0 Å². The van der Waals surface area contributed by atoms with Crippen LogP contribution >= 0.6 is 0 Å². The molecule has 0 radical (unpaired) electrons. The molecule has 2 heteroatoms. The Bertz CT molecular complexity index is 104. The average molecular weight is 155 g/mol. The van der Waals surface area contributed by atoms with Crippen molar-refractivity contribution in [2.24, 2.45) is 0 Å². The molecule has 2 fully saturated rings. The molecule has 0 unspecified atom stereocenters. The molecule has 0 atom stereocenters. The van der Waals surface area contributed by atoms with Crippen molar-refractivity contribution in [1.82, 2.24) is 5.32 Å². The van der Waals surface area contributed by atoms with Crippen LogP contribution in [-0.2, 0) is 4.74 Å². The van der Waals surface area contributed by atoms with Crippen molar-refractivity contribution in [3.05, 3.63) is 0 Å². The molecule has 1 N–H and O–H groups in total. The van der Waals surface area contributed by atoms with Crippen molar-refractivity contribution in [3.8, 4) is 0 Å². The van der Waals surface area contributed by atoms with Gasteiger partial charge in [-0.1, -0.05) is 19.3 Å². The topological polar surface area (TPSA) is 21.3 Å². The molecule has 1 aliphatic heterocycles. The maximum Gasteiger partial charge on any atom is 0.0969 e. The largest absolute Gasteiger partial charge is 0.366 e. The van der Waals surface area contributed by atoms with Gasteiger partial charge in [-0.15, -0.1) is 0 Å². The fourth-order valence-corrected chi connectivity index (χ4v) is 2.29. The first-order valence-corrected chi connectivity index (χ1v) is 4.74. The van der Waals surface area contributed by atoms with Crippen LogP contribution in [0.25, 0.3) is 0 Å². The summed E-state index contributed by atoms with van der Waals surface area (Å²) in [6.45, 7) is 1.74. The first-order chi connectivity index (χ1) is 5.41. The summed E-state index contributed by atoms with van der Waals surface area (Å²) in [4.78, 5) is 0. The van der Waals surface area contributed by atoms with E-state index in [0.29, 0.717) is 5.54 Å². The van der Waals surface area contributed by atoms with Gasteiger partial charge >= 0.3 is 0 Å². The average Bonchev–Trinajstić information content (AvgIpc) is 2.07. The molecule has 1 saturated carbocycles. The van der Waals surface area contributed by atoms with Crippen LogP contribution in [0.15, 0.2) is 0 Å². The first kappa shape index (κ1) is 7.56. The van der Waals surface area contributed by atoms with Gasteiger partial charge in [-0.05, 0) is 19.3 Å². The van der Waals surface area contributed by atoms with Crippen molar-refractivity contribution in [1.29, 1.82) is 0 Å². The third-order valence-electron chi connectivity index (χ3n) is 3.08. The summed E-state index contributed by atoms with van der Waals surface area (Å²) in [7, 11) is 0. The van der Waals surface area contributed by atoms with Crippen LogP contribution in [0.4, 0.5) is 0 Å². The Morgan fingerprint density at radius 1 is 1.00 bits per heavy atom. The van der Waals surface area contributed by atoms with E-state index < -0.39 is 0 Å². The SMILES string of the molecule is C1CCC2(CC1)CCOCN2. The number of rotatable bonds is 0. The molecule has 2 aliphatic rings. The summed E-state index contributed by atoms with van der Waals surface area (Å²) in [5, 5.41) is 3.51. The molecule has 1 spiro atoms. The molecule has 0 aromatic carbocycles. The van der Waals surface area contributed by atoms with Crippen molar-refractivity contribution in [3.63, 3.8) is 0 Å². The van der Waals surface area contributed by atoms with Crippen molar-refractivity contribution in [2.45, 2.75) is 44.1 Å². The smallest absolute Gasteiger partial charge is 0.0969 e. The fraction of sp³-hybridized carbons (Fsp3) is 1.00. The Balaban J connectivity index is 1.94. The zero-order chi connectivity index (χ0) is 7.57. The van der Waals surface area contributed by atoms with Gasteiger partial charge in [0, 0.05) is 5.54 Å². The Hall–Kier alpha value is -0.0800. The van der Waals surface area contributed by atoms with Crippen LogP contribution < -0.4 is 5.32 Å². The van der Waals surface area contributed by atoms with Gasteiger partial charge in [-0.25, -0.2) is 0 Å². The minimum atomic E-state index is 0.483. The lowest BCUT2D eigenvalue weighted by Crippen LogP contribution is -2.51. The van der Waals surface area contributed by atoms with E-state index in [1.54, 1.807) is 0 Å². The maximum atomic E-state index is 5.29. The summed E-state index contributed by atoms with van der Waals surface area (Å²) in [6, 6.07) is 0. The molecular formula is C9H17NO. The van der Waals surface area contributed by atoms with E-state index in [1.807, 2.05) is 0 Å². The molecule has 2 nitrogen and oxygen atoms in total. The molecule has 11 heavy (non-hydrogen) atoms. The minimum Gasteiger partial charge on any atom is -0.366 e. The summed E-state index contributed by atoms with van der Waals surface area (Å²) in [5.74, 6) is 0. The van der Waals surface area contributed by atoms with E-state index in [4.69, 9.17) is 4.74 Å². The second kappa shape index (κ2) is 3.11. The Morgan fingerprint density at radius 3 is 2.45 bits per heavy atom. The van der Waals surface area contributed by atoms with Gasteiger partial charge in [0.25, 0.3) is 0 Å². The molecule has 2 rings (SSSR count). The normalized spacial score (nSPS) is 30.5. The molecular weight excluding hydrogens is 138 g/mol. The maximum absolute atomic E-state index is 5.29. The number of hydrogen-bond acceptors (Lipinski definition) is 2. The predicted molar refractivity (Wildman–Crippen MR) is 44.4 cm³/mol. The minimum absolute atomic E-state index is 0.483. The van der Waals surface area contributed by atoms with E-state index in [-0.39, 0.29) is 0 Å². The second-order valence-corrected chi connectivity index (χ2v) is 3.82. The van der Waals surface area contributed by atoms with Gasteiger partial charge in [0.15, 0.2) is 0 Å². The Morgan fingerprint density at radius 2 is 1.82 bits per heavy atom. The summed E-state index contributed by atoms with van der Waals surface area (Å²) in [6.07, 6.45) is 8.23. The van der Waals surface area contributed by atoms with Gasteiger partial charge in [0.1, 0.15) is 0 Å². The van der Waals surface area contributed by atoms with Crippen LogP contribution in [0.5, 0.6) is 0 Å². The van der Waals surface area contributed by atoms with Crippen LogP contribution in [0.1, 0.15) is 38.5 Å². The molecule has 1 heterocycles. The van der Waals surface area contributed by atoms with E-state index >= 15 is 0 Å². The van der Waals surface area contributed by atoms with Crippen LogP contribution in [0, 0.1) is 0 Å². The fourth-order valence-electron chi connectivity index (χ4n) is 2.29. The van der Waals surface area contributed by atoms with Gasteiger partial charge in [0.2, 0.25) is 0 Å². The van der Waals surface area contributed by atoms with E-state index in [2.05, 4.69) is 5.32 Å². The molecule has 1 saturated heterocycles. The molecule has 64 valence electrons. The third-order valence-corrected chi connectivity index (χ3v) is 3.08. The monoisotopic (exact) mass is 155 g/mol. The quantitative estimate of drug-likeness (QED) is 0.574. The van der Waals surface area contributed by atoms with E-state index in [1.165, 1.54) is 38.5 Å². The van der Waals surface area contributed by atoms with E-state index in [9.17, 15) is 0 Å². The zero-order valence-electron chi connectivity index (χ0n) is 7.07. The molecule has 0 aromatic rings. The first-order valence-electron chi connectivity index (χ1n) is 4.74. The van der Waals surface area contributed by atoms with Crippen LogP contribution in [0.2, 0.25) is 0 Å². The highest BCUT2D eigenvalue weighted by atomic mass is 16.5. The molecule has 1 aliphatic carbocycles. The lowest BCUT2D eigenvalue weighted by atomic mass is 9.79. The zero-order valence-corrected chi connectivity index (χ0v) is 7.07. The van der Waals surface area contributed by atoms with Gasteiger partial charge < -0.3 is 4.74 Å². The second-order valence-electron chi connectivity index (χ2n) is 3.82. The van der Waals surface area contributed by atoms with Gasteiger partial charge in [-0.2, -0.15) is 0 Å². The Labute approximate surface area is 68.3 Å². The molecule has 0 aromatic heterocycles. The number of hydrogen-bond donors (Lipinski definition) is 1. The number of nitrogens with one attached hydrogen (secondary N) is 1. The lowest BCUT2D eigenvalue weighted by molar-refractivity contribution is 0.00822. The van der Waals surface area contributed by atoms with E-state index in [0.717, 1.165) is 13.3 Å². The molecule has 0 amide bonds. The van der Waals surface area contributed by atoms with Gasteiger partial charge in [-0.3, -0.25) is 5.32 Å². The highest BCUT2D eigenvalue weighted by Crippen LogP contribution is 2.32. The van der Waals surface area contributed by atoms with Crippen molar-refractivity contribution < 1.29 is 4.74 Å². The van der Waals surface area contributed by atoms with Gasteiger partial charge in [0.05, 0.1) is 13.3 Å². The summed E-state index contributed by atoms with van der Waals surface area (Å²) in [5.41, 5.74) is 0.483. The highest BCUT2D eigenvalue weighted by Gasteiger charge is 2.32. The molecule has 0 bridgehead atoms. The Kier molecular flexibility index (Phi) is 2.14. The number of ether oxygens (including phenoxy) is 1. The third kappa shape index (κ3) is 1.57.